The lowest BCUT2D eigenvalue weighted by atomic mass is 10.1. The van der Waals surface area contributed by atoms with Crippen LogP contribution in [0.15, 0.2) is 30.3 Å². The van der Waals surface area contributed by atoms with E-state index >= 15 is 0 Å². The van der Waals surface area contributed by atoms with Crippen LogP contribution in [0.1, 0.15) is 42.6 Å². The van der Waals surface area contributed by atoms with Crippen molar-refractivity contribution in [2.24, 2.45) is 5.92 Å². The molecule has 1 N–H and O–H groups in total. The molecule has 180 valence electrons. The number of ether oxygens (including phenoxy) is 5. The molecule has 3 rings (SSSR count). The molecule has 1 aliphatic rings. The third-order valence-electron chi connectivity index (χ3n) is 5.18. The van der Waals surface area contributed by atoms with Gasteiger partial charge in [-0.25, -0.2) is 0 Å². The minimum absolute atomic E-state index is 0.125. The summed E-state index contributed by atoms with van der Waals surface area (Å²) in [4.78, 5) is 12.8. The summed E-state index contributed by atoms with van der Waals surface area (Å²) < 4.78 is 28.1. The molecule has 0 spiro atoms. The molecule has 8 heteroatoms. The predicted octanol–water partition coefficient (Wildman–Crippen LogP) is 4.88. The number of amides is 1. The number of hydrogen-bond donors (Lipinski definition) is 1. The molecule has 0 bridgehead atoms. The van der Waals surface area contributed by atoms with Crippen LogP contribution in [0.5, 0.6) is 23.0 Å². The SMILES string of the molecule is COc1cc(CNC(=O)c2cc(Cl)c(OCC(C)C)c(OC)c2)ccc1OCC1CCCO1. The Morgan fingerprint density at radius 3 is 2.58 bits per heavy atom. The fraction of sp³-hybridized carbons (Fsp3) is 0.480. The van der Waals surface area contributed by atoms with Crippen molar-refractivity contribution in [3.8, 4) is 23.0 Å². The van der Waals surface area contributed by atoms with Gasteiger partial charge in [0.2, 0.25) is 0 Å². The van der Waals surface area contributed by atoms with Crippen molar-refractivity contribution in [3.63, 3.8) is 0 Å². The second-order valence-corrected chi connectivity index (χ2v) is 8.72. The lowest BCUT2D eigenvalue weighted by Crippen LogP contribution is -2.23. The van der Waals surface area contributed by atoms with E-state index < -0.39 is 0 Å². The van der Waals surface area contributed by atoms with Gasteiger partial charge in [0.25, 0.3) is 5.91 Å². The van der Waals surface area contributed by atoms with Gasteiger partial charge < -0.3 is 29.0 Å². The molecule has 2 aromatic carbocycles. The molecular weight excluding hydrogens is 446 g/mol. The fourth-order valence-electron chi connectivity index (χ4n) is 3.43. The first-order chi connectivity index (χ1) is 15.9. The summed E-state index contributed by atoms with van der Waals surface area (Å²) in [5.41, 5.74) is 1.26. The largest absolute Gasteiger partial charge is 0.493 e. The van der Waals surface area contributed by atoms with Gasteiger partial charge >= 0.3 is 0 Å². The van der Waals surface area contributed by atoms with Gasteiger partial charge in [-0.1, -0.05) is 31.5 Å². The Balaban J connectivity index is 1.63. The third kappa shape index (κ3) is 6.92. The molecule has 7 nitrogen and oxygen atoms in total. The standard InChI is InChI=1S/C25H32ClNO6/c1-16(2)14-33-24-20(26)11-18(12-23(24)30-4)25(28)27-13-17-7-8-21(22(10-17)29-3)32-15-19-6-5-9-31-19/h7-8,10-12,16,19H,5-6,9,13-15H2,1-4H3,(H,27,28). The molecule has 0 aromatic heterocycles. The zero-order valence-electron chi connectivity index (χ0n) is 19.6. The van der Waals surface area contributed by atoms with Crippen LogP contribution in [0.2, 0.25) is 5.02 Å². The van der Waals surface area contributed by atoms with Crippen LogP contribution in [-0.2, 0) is 11.3 Å². The maximum atomic E-state index is 12.8. The van der Waals surface area contributed by atoms with Gasteiger partial charge in [0.15, 0.2) is 23.0 Å². The predicted molar refractivity (Wildman–Crippen MR) is 127 cm³/mol. The Labute approximate surface area is 200 Å². The topological polar surface area (TPSA) is 75.3 Å². The van der Waals surface area contributed by atoms with Gasteiger partial charge in [-0.15, -0.1) is 0 Å². The molecule has 1 saturated heterocycles. The quantitative estimate of drug-likeness (QED) is 0.497. The lowest BCUT2D eigenvalue weighted by molar-refractivity contribution is 0.0669. The molecule has 2 aromatic rings. The van der Waals surface area contributed by atoms with E-state index in [1.165, 1.54) is 7.11 Å². The number of halogens is 1. The first-order valence-corrected chi connectivity index (χ1v) is 11.5. The molecule has 1 heterocycles. The monoisotopic (exact) mass is 477 g/mol. The minimum Gasteiger partial charge on any atom is -0.493 e. The summed E-state index contributed by atoms with van der Waals surface area (Å²) in [5, 5.41) is 3.23. The van der Waals surface area contributed by atoms with Gasteiger partial charge in [-0.05, 0) is 48.6 Å². The molecule has 33 heavy (non-hydrogen) atoms. The maximum Gasteiger partial charge on any atom is 0.251 e. The van der Waals surface area contributed by atoms with Crippen LogP contribution in [0.3, 0.4) is 0 Å². The van der Waals surface area contributed by atoms with E-state index in [9.17, 15) is 4.79 Å². The van der Waals surface area contributed by atoms with Crippen molar-refractivity contribution in [1.82, 2.24) is 5.32 Å². The molecule has 1 atom stereocenters. The van der Waals surface area contributed by atoms with Gasteiger partial charge in [-0.2, -0.15) is 0 Å². The van der Waals surface area contributed by atoms with E-state index in [0.29, 0.717) is 59.3 Å². The van der Waals surface area contributed by atoms with Gasteiger partial charge in [0.05, 0.1) is 32.0 Å². The molecule has 1 aliphatic heterocycles. The van der Waals surface area contributed by atoms with Crippen LogP contribution in [-0.4, -0.2) is 46.1 Å². The molecule has 0 aliphatic carbocycles. The molecular formula is C25H32ClNO6. The van der Waals surface area contributed by atoms with Crippen molar-refractivity contribution in [2.45, 2.75) is 39.3 Å². The minimum atomic E-state index is -0.275. The summed E-state index contributed by atoms with van der Waals surface area (Å²) in [5.74, 6) is 2.17. The average Bonchev–Trinajstić information content (AvgIpc) is 3.33. The number of carbonyl (C=O) groups is 1. The van der Waals surface area contributed by atoms with E-state index in [0.717, 1.165) is 25.0 Å². The summed E-state index contributed by atoms with van der Waals surface area (Å²) >= 11 is 6.37. The first-order valence-electron chi connectivity index (χ1n) is 11.1. The summed E-state index contributed by atoms with van der Waals surface area (Å²) in [6.07, 6.45) is 2.19. The zero-order valence-corrected chi connectivity index (χ0v) is 20.4. The lowest BCUT2D eigenvalue weighted by Gasteiger charge is -2.16. The summed E-state index contributed by atoms with van der Waals surface area (Å²) in [7, 11) is 3.11. The number of carbonyl (C=O) groups excluding carboxylic acids is 1. The number of rotatable bonds is 11. The van der Waals surface area contributed by atoms with Crippen LogP contribution in [0.4, 0.5) is 0 Å². The molecule has 1 amide bonds. The average molecular weight is 478 g/mol. The normalized spacial score (nSPS) is 15.4. The highest BCUT2D eigenvalue weighted by Crippen LogP contribution is 2.37. The maximum absolute atomic E-state index is 12.8. The second kappa shape index (κ2) is 12.0. The van der Waals surface area contributed by atoms with E-state index in [2.05, 4.69) is 5.32 Å². The van der Waals surface area contributed by atoms with Crippen molar-refractivity contribution in [2.75, 3.05) is 34.0 Å². The van der Waals surface area contributed by atoms with E-state index in [1.807, 2.05) is 32.0 Å². The fourth-order valence-corrected chi connectivity index (χ4v) is 3.69. The number of methoxy groups -OCH3 is 2. The Hall–Kier alpha value is -2.64. The Kier molecular flexibility index (Phi) is 9.09. The van der Waals surface area contributed by atoms with Crippen LogP contribution in [0, 0.1) is 5.92 Å². The molecule has 1 fully saturated rings. The van der Waals surface area contributed by atoms with Gasteiger partial charge in [-0.3, -0.25) is 4.79 Å². The van der Waals surface area contributed by atoms with Crippen molar-refractivity contribution < 1.29 is 28.5 Å². The molecule has 1 unspecified atom stereocenters. The van der Waals surface area contributed by atoms with Crippen molar-refractivity contribution in [3.05, 3.63) is 46.5 Å². The Morgan fingerprint density at radius 2 is 1.91 bits per heavy atom. The highest BCUT2D eigenvalue weighted by Gasteiger charge is 2.18. The van der Waals surface area contributed by atoms with Crippen molar-refractivity contribution in [1.29, 1.82) is 0 Å². The smallest absolute Gasteiger partial charge is 0.251 e. The van der Waals surface area contributed by atoms with E-state index in [-0.39, 0.29) is 12.0 Å². The molecule has 0 radical (unpaired) electrons. The number of hydrogen-bond acceptors (Lipinski definition) is 6. The zero-order chi connectivity index (χ0) is 23.8. The first kappa shape index (κ1) is 25.0. The Bertz CT molecular complexity index is 943. The molecule has 0 saturated carbocycles. The summed E-state index contributed by atoms with van der Waals surface area (Å²) in [6.45, 7) is 6.17. The van der Waals surface area contributed by atoms with Crippen molar-refractivity contribution >= 4 is 17.5 Å². The van der Waals surface area contributed by atoms with Crippen LogP contribution in [0.25, 0.3) is 0 Å². The van der Waals surface area contributed by atoms with Crippen LogP contribution < -0.4 is 24.3 Å². The van der Waals surface area contributed by atoms with Gasteiger partial charge in [0, 0.05) is 18.7 Å². The van der Waals surface area contributed by atoms with E-state index in [4.69, 9.17) is 35.3 Å². The highest BCUT2D eigenvalue weighted by atomic mass is 35.5. The number of benzene rings is 2. The second-order valence-electron chi connectivity index (χ2n) is 8.31. The third-order valence-corrected chi connectivity index (χ3v) is 5.46. The number of nitrogens with one attached hydrogen (secondary N) is 1. The Morgan fingerprint density at radius 1 is 1.12 bits per heavy atom. The summed E-state index contributed by atoms with van der Waals surface area (Å²) in [6, 6.07) is 8.79. The van der Waals surface area contributed by atoms with E-state index in [1.54, 1.807) is 19.2 Å². The van der Waals surface area contributed by atoms with Gasteiger partial charge in [0.1, 0.15) is 6.61 Å². The highest BCUT2D eigenvalue weighted by molar-refractivity contribution is 6.32. The van der Waals surface area contributed by atoms with Crippen LogP contribution >= 0.6 is 11.6 Å².